The van der Waals surface area contributed by atoms with E-state index < -0.39 is 0 Å². The number of nitrogens with one attached hydrogen (secondary N) is 1. The molecule has 3 aliphatic rings. The van der Waals surface area contributed by atoms with Gasteiger partial charge in [0, 0.05) is 6.04 Å². The van der Waals surface area contributed by atoms with Crippen molar-refractivity contribution < 1.29 is 0 Å². The molecular formula is C19H27N. The Balaban J connectivity index is 1.59. The predicted octanol–water partition coefficient (Wildman–Crippen LogP) is 4.33. The van der Waals surface area contributed by atoms with Crippen molar-refractivity contribution in [2.75, 3.05) is 6.54 Å². The van der Waals surface area contributed by atoms with Crippen molar-refractivity contribution in [1.29, 1.82) is 0 Å². The van der Waals surface area contributed by atoms with E-state index in [1.165, 1.54) is 24.8 Å². The van der Waals surface area contributed by atoms with Crippen LogP contribution in [0.2, 0.25) is 0 Å². The minimum Gasteiger partial charge on any atom is -0.310 e. The summed E-state index contributed by atoms with van der Waals surface area (Å²) in [5.74, 6) is 5.20. The Hall–Kier alpha value is -0.820. The predicted molar refractivity (Wildman–Crippen MR) is 83.5 cm³/mol. The topological polar surface area (TPSA) is 12.0 Å². The van der Waals surface area contributed by atoms with E-state index in [-0.39, 0.29) is 0 Å². The molecule has 3 saturated carbocycles. The fourth-order valence-corrected chi connectivity index (χ4v) is 5.53. The van der Waals surface area contributed by atoms with Crippen molar-refractivity contribution in [3.05, 3.63) is 35.4 Å². The summed E-state index contributed by atoms with van der Waals surface area (Å²) in [5, 5.41) is 3.89. The van der Waals surface area contributed by atoms with Gasteiger partial charge in [-0.15, -0.1) is 0 Å². The van der Waals surface area contributed by atoms with Crippen LogP contribution in [-0.2, 0) is 0 Å². The third-order valence-corrected chi connectivity index (χ3v) is 6.32. The molecule has 0 heterocycles. The number of aryl methyl sites for hydroxylation is 1. The molecule has 0 radical (unpaired) electrons. The van der Waals surface area contributed by atoms with Gasteiger partial charge in [-0.2, -0.15) is 0 Å². The monoisotopic (exact) mass is 269 g/mol. The van der Waals surface area contributed by atoms with Gasteiger partial charge in [0.25, 0.3) is 0 Å². The van der Waals surface area contributed by atoms with Crippen molar-refractivity contribution in [1.82, 2.24) is 5.32 Å². The second-order valence-corrected chi connectivity index (χ2v) is 7.35. The normalized spacial score (nSPS) is 38.8. The van der Waals surface area contributed by atoms with Crippen molar-refractivity contribution in [2.45, 2.75) is 45.6 Å². The van der Waals surface area contributed by atoms with Gasteiger partial charge >= 0.3 is 0 Å². The molecule has 0 aliphatic heterocycles. The molecule has 5 atom stereocenters. The van der Waals surface area contributed by atoms with Crippen LogP contribution >= 0.6 is 0 Å². The van der Waals surface area contributed by atoms with E-state index in [1.807, 2.05) is 0 Å². The smallest absolute Gasteiger partial charge is 0.0357 e. The van der Waals surface area contributed by atoms with Gasteiger partial charge in [0.1, 0.15) is 0 Å². The molecule has 3 aliphatic carbocycles. The molecule has 1 N–H and O–H groups in total. The fourth-order valence-electron chi connectivity index (χ4n) is 5.53. The van der Waals surface area contributed by atoms with Crippen LogP contribution in [-0.4, -0.2) is 6.54 Å². The molecule has 1 nitrogen and oxygen atoms in total. The minimum atomic E-state index is 0.620. The van der Waals surface area contributed by atoms with Crippen molar-refractivity contribution in [3.63, 3.8) is 0 Å². The van der Waals surface area contributed by atoms with E-state index >= 15 is 0 Å². The Labute approximate surface area is 123 Å². The largest absolute Gasteiger partial charge is 0.310 e. The lowest BCUT2D eigenvalue weighted by Gasteiger charge is -2.24. The lowest BCUT2D eigenvalue weighted by Crippen LogP contribution is -2.27. The summed E-state index contributed by atoms with van der Waals surface area (Å²) >= 11 is 0. The van der Waals surface area contributed by atoms with E-state index in [4.69, 9.17) is 0 Å². The van der Waals surface area contributed by atoms with Crippen LogP contribution < -0.4 is 5.32 Å². The number of hydrogen-bond donors (Lipinski definition) is 1. The van der Waals surface area contributed by atoms with Crippen LogP contribution in [0.25, 0.3) is 0 Å². The van der Waals surface area contributed by atoms with Gasteiger partial charge in [-0.3, -0.25) is 0 Å². The molecule has 0 aromatic heterocycles. The number of benzene rings is 1. The Morgan fingerprint density at radius 2 is 1.85 bits per heavy atom. The SMILES string of the molecule is CCCNC(c1ccccc1C)C1C2C3CCC(C3)C21. The highest BCUT2D eigenvalue weighted by Crippen LogP contribution is 2.72. The summed E-state index contributed by atoms with van der Waals surface area (Å²) in [6.45, 7) is 5.71. The highest BCUT2D eigenvalue weighted by molar-refractivity contribution is 5.32. The molecule has 1 aromatic rings. The lowest BCUT2D eigenvalue weighted by molar-refractivity contribution is 0.369. The summed E-state index contributed by atoms with van der Waals surface area (Å²) < 4.78 is 0. The molecule has 1 aromatic carbocycles. The maximum atomic E-state index is 3.89. The Morgan fingerprint density at radius 1 is 1.15 bits per heavy atom. The average molecular weight is 269 g/mol. The maximum absolute atomic E-state index is 3.89. The molecule has 108 valence electrons. The molecular weight excluding hydrogens is 242 g/mol. The summed E-state index contributed by atoms with van der Waals surface area (Å²) in [4.78, 5) is 0. The highest BCUT2D eigenvalue weighted by Gasteiger charge is 2.66. The van der Waals surface area contributed by atoms with Gasteiger partial charge in [-0.25, -0.2) is 0 Å². The first-order chi connectivity index (χ1) is 9.81. The Bertz CT molecular complexity index is 478. The highest BCUT2D eigenvalue weighted by atomic mass is 15.0. The zero-order chi connectivity index (χ0) is 13.7. The third kappa shape index (κ3) is 1.86. The molecule has 1 heteroatoms. The van der Waals surface area contributed by atoms with E-state index in [0.29, 0.717) is 6.04 Å². The zero-order valence-electron chi connectivity index (χ0n) is 12.8. The number of hydrogen-bond acceptors (Lipinski definition) is 1. The first-order valence-corrected chi connectivity index (χ1v) is 8.60. The summed E-state index contributed by atoms with van der Waals surface area (Å²) in [7, 11) is 0. The van der Waals surface area contributed by atoms with Gasteiger partial charge < -0.3 is 5.32 Å². The van der Waals surface area contributed by atoms with Crippen LogP contribution in [0.5, 0.6) is 0 Å². The fraction of sp³-hybridized carbons (Fsp3) is 0.684. The molecule has 3 fully saturated rings. The standard InChI is InChI=1S/C19H27N/c1-3-10-20-19(15-7-5-4-6-12(15)2)18-16-13-8-9-14(11-13)17(16)18/h4-7,13-14,16-20H,3,8-11H2,1-2H3. The van der Waals surface area contributed by atoms with Gasteiger partial charge in [0.05, 0.1) is 0 Å². The minimum absolute atomic E-state index is 0.620. The van der Waals surface area contributed by atoms with Crippen molar-refractivity contribution in [2.24, 2.45) is 29.6 Å². The first-order valence-electron chi connectivity index (χ1n) is 8.60. The average Bonchev–Trinajstić information content (AvgIpc) is 2.88. The number of fused-ring (bicyclic) bond motifs is 5. The molecule has 5 unspecified atom stereocenters. The molecule has 4 rings (SSSR count). The first kappa shape index (κ1) is 12.9. The van der Waals surface area contributed by atoms with E-state index in [0.717, 1.165) is 36.1 Å². The van der Waals surface area contributed by atoms with Crippen LogP contribution in [0.1, 0.15) is 49.8 Å². The second-order valence-electron chi connectivity index (χ2n) is 7.35. The summed E-state index contributed by atoms with van der Waals surface area (Å²) in [5.41, 5.74) is 3.04. The van der Waals surface area contributed by atoms with Gasteiger partial charge in [-0.05, 0) is 79.9 Å². The van der Waals surface area contributed by atoms with Crippen molar-refractivity contribution >= 4 is 0 Å². The summed E-state index contributed by atoms with van der Waals surface area (Å²) in [6, 6.07) is 9.65. The second kappa shape index (κ2) is 4.87. The van der Waals surface area contributed by atoms with Crippen LogP contribution in [0, 0.1) is 36.5 Å². The lowest BCUT2D eigenvalue weighted by atomic mass is 9.90. The van der Waals surface area contributed by atoms with E-state index in [9.17, 15) is 0 Å². The quantitative estimate of drug-likeness (QED) is 0.839. The van der Waals surface area contributed by atoms with E-state index in [2.05, 4.69) is 43.4 Å². The van der Waals surface area contributed by atoms with Gasteiger partial charge in [0.15, 0.2) is 0 Å². The number of rotatable bonds is 5. The molecule has 0 saturated heterocycles. The third-order valence-electron chi connectivity index (χ3n) is 6.32. The van der Waals surface area contributed by atoms with Crippen molar-refractivity contribution in [3.8, 4) is 0 Å². The van der Waals surface area contributed by atoms with Crippen LogP contribution in [0.3, 0.4) is 0 Å². The molecule has 0 spiro atoms. The molecule has 2 bridgehead atoms. The maximum Gasteiger partial charge on any atom is 0.0357 e. The van der Waals surface area contributed by atoms with Gasteiger partial charge in [-0.1, -0.05) is 31.2 Å². The Morgan fingerprint density at radius 3 is 2.50 bits per heavy atom. The molecule has 0 amide bonds. The van der Waals surface area contributed by atoms with Crippen LogP contribution in [0.15, 0.2) is 24.3 Å². The van der Waals surface area contributed by atoms with Crippen LogP contribution in [0.4, 0.5) is 0 Å². The Kier molecular flexibility index (Phi) is 3.14. The zero-order valence-corrected chi connectivity index (χ0v) is 12.8. The van der Waals surface area contributed by atoms with Gasteiger partial charge in [0.2, 0.25) is 0 Å². The molecule has 20 heavy (non-hydrogen) atoms. The summed E-state index contributed by atoms with van der Waals surface area (Å²) in [6.07, 6.45) is 5.84. The van der Waals surface area contributed by atoms with E-state index in [1.54, 1.807) is 12.0 Å².